The fraction of sp³-hybridized carbons (Fsp3) is 1.00. The largest absolute Gasteiger partial charge is 0.313 e. The average Bonchev–Trinajstić information content (AvgIpc) is 2.49. The van der Waals surface area contributed by atoms with Crippen molar-refractivity contribution in [3.63, 3.8) is 0 Å². The van der Waals surface area contributed by atoms with Gasteiger partial charge in [0.25, 0.3) is 0 Å². The highest BCUT2D eigenvalue weighted by atomic mass is 32.2. The van der Waals surface area contributed by atoms with Gasteiger partial charge in [-0.05, 0) is 37.6 Å². The van der Waals surface area contributed by atoms with Crippen LogP contribution < -0.4 is 5.32 Å². The molecule has 2 unspecified atom stereocenters. The summed E-state index contributed by atoms with van der Waals surface area (Å²) in [5.74, 6) is 6.08. The zero-order valence-electron chi connectivity index (χ0n) is 12.7. The van der Waals surface area contributed by atoms with Gasteiger partial charge in [0.1, 0.15) is 0 Å². The Hall–Kier alpha value is 0.660. The van der Waals surface area contributed by atoms with Crippen molar-refractivity contribution < 1.29 is 0 Å². The summed E-state index contributed by atoms with van der Waals surface area (Å²) in [5, 5.41) is 4.78. The van der Waals surface area contributed by atoms with Crippen LogP contribution in [0.3, 0.4) is 0 Å². The average molecular weight is 302 g/mol. The van der Waals surface area contributed by atoms with Crippen LogP contribution in [0.5, 0.6) is 0 Å². The number of nitrogens with one attached hydrogen (secondary N) is 1. The molecule has 0 spiro atoms. The Morgan fingerprint density at radius 3 is 2.47 bits per heavy atom. The molecule has 112 valence electrons. The lowest BCUT2D eigenvalue weighted by Gasteiger charge is -2.39. The number of hydrogen-bond donors (Lipinski definition) is 1. The Balaban J connectivity index is 1.88. The molecule has 1 aliphatic carbocycles. The standard InChI is InChI=1S/C16H31NS2/c1-3-9-17-16(15-12-18-10-11-19-15)14-7-5-13(4-2)6-8-14/h13-17H,3-12H2,1-2H3. The Morgan fingerprint density at radius 1 is 1.11 bits per heavy atom. The minimum Gasteiger partial charge on any atom is -0.313 e. The van der Waals surface area contributed by atoms with E-state index in [0.29, 0.717) is 0 Å². The lowest BCUT2D eigenvalue weighted by Crippen LogP contribution is -2.47. The molecule has 1 saturated heterocycles. The highest BCUT2D eigenvalue weighted by molar-refractivity contribution is 8.06. The summed E-state index contributed by atoms with van der Waals surface area (Å²) < 4.78 is 0. The fourth-order valence-corrected chi connectivity index (χ4v) is 6.55. The third-order valence-electron chi connectivity index (χ3n) is 4.85. The molecule has 0 aromatic carbocycles. The highest BCUT2D eigenvalue weighted by Crippen LogP contribution is 2.37. The van der Waals surface area contributed by atoms with Crippen molar-refractivity contribution in [3.8, 4) is 0 Å². The molecule has 0 radical (unpaired) electrons. The molecule has 1 aliphatic heterocycles. The van der Waals surface area contributed by atoms with E-state index in [1.807, 2.05) is 0 Å². The van der Waals surface area contributed by atoms with Crippen molar-refractivity contribution in [3.05, 3.63) is 0 Å². The first-order chi connectivity index (χ1) is 9.35. The van der Waals surface area contributed by atoms with Crippen molar-refractivity contribution >= 4 is 23.5 Å². The van der Waals surface area contributed by atoms with Crippen molar-refractivity contribution in [1.82, 2.24) is 5.32 Å². The van der Waals surface area contributed by atoms with Gasteiger partial charge in [0.05, 0.1) is 0 Å². The van der Waals surface area contributed by atoms with Gasteiger partial charge in [-0.3, -0.25) is 0 Å². The van der Waals surface area contributed by atoms with Gasteiger partial charge in [-0.15, -0.1) is 0 Å². The summed E-state index contributed by atoms with van der Waals surface area (Å²) in [6.07, 6.45) is 8.58. The molecule has 19 heavy (non-hydrogen) atoms. The molecule has 0 aromatic heterocycles. The molecule has 1 nitrogen and oxygen atoms in total. The molecule has 2 aliphatic rings. The van der Waals surface area contributed by atoms with Gasteiger partial charge in [0.15, 0.2) is 0 Å². The summed E-state index contributed by atoms with van der Waals surface area (Å²) in [7, 11) is 0. The number of thioether (sulfide) groups is 2. The maximum atomic E-state index is 3.91. The summed E-state index contributed by atoms with van der Waals surface area (Å²) in [6, 6.07) is 0.788. The van der Waals surface area contributed by atoms with Gasteiger partial charge >= 0.3 is 0 Å². The minimum absolute atomic E-state index is 0.788. The van der Waals surface area contributed by atoms with Crippen LogP contribution in [-0.4, -0.2) is 35.1 Å². The molecule has 2 fully saturated rings. The maximum absolute atomic E-state index is 3.91. The first-order valence-corrected chi connectivity index (χ1v) is 10.5. The predicted octanol–water partition coefficient (Wildman–Crippen LogP) is 4.42. The third kappa shape index (κ3) is 4.86. The van der Waals surface area contributed by atoms with E-state index in [2.05, 4.69) is 42.7 Å². The van der Waals surface area contributed by atoms with Crippen LogP contribution in [0, 0.1) is 11.8 Å². The lowest BCUT2D eigenvalue weighted by molar-refractivity contribution is 0.217. The topological polar surface area (TPSA) is 12.0 Å². The SMILES string of the molecule is CCCNC(C1CCC(CC)CC1)C1CSCCS1. The van der Waals surface area contributed by atoms with Crippen molar-refractivity contribution in [2.45, 2.75) is 63.7 Å². The second-order valence-corrected chi connectivity index (χ2v) is 8.65. The monoisotopic (exact) mass is 301 g/mol. The van der Waals surface area contributed by atoms with Gasteiger partial charge in [-0.25, -0.2) is 0 Å². The van der Waals surface area contributed by atoms with Gasteiger partial charge in [-0.1, -0.05) is 33.1 Å². The number of rotatable bonds is 6. The molecule has 0 aromatic rings. The zero-order valence-corrected chi connectivity index (χ0v) is 14.3. The van der Waals surface area contributed by atoms with Crippen LogP contribution in [-0.2, 0) is 0 Å². The van der Waals surface area contributed by atoms with Crippen LogP contribution in [0.2, 0.25) is 0 Å². The second-order valence-electron chi connectivity index (χ2n) is 6.15. The molecule has 2 rings (SSSR count). The first-order valence-electron chi connectivity index (χ1n) is 8.27. The Morgan fingerprint density at radius 2 is 1.89 bits per heavy atom. The summed E-state index contributed by atoms with van der Waals surface area (Å²) in [4.78, 5) is 0. The Kier molecular flexibility index (Phi) is 7.46. The summed E-state index contributed by atoms with van der Waals surface area (Å²) >= 11 is 4.41. The van der Waals surface area contributed by atoms with E-state index in [0.717, 1.165) is 23.1 Å². The lowest BCUT2D eigenvalue weighted by atomic mass is 9.77. The first kappa shape index (κ1) is 16.0. The van der Waals surface area contributed by atoms with Crippen LogP contribution in [0.15, 0.2) is 0 Å². The van der Waals surface area contributed by atoms with E-state index in [1.165, 1.54) is 62.3 Å². The number of hydrogen-bond acceptors (Lipinski definition) is 3. The fourth-order valence-electron chi connectivity index (χ4n) is 3.58. The van der Waals surface area contributed by atoms with E-state index < -0.39 is 0 Å². The zero-order chi connectivity index (χ0) is 13.5. The van der Waals surface area contributed by atoms with Crippen LogP contribution in [0.1, 0.15) is 52.4 Å². The van der Waals surface area contributed by atoms with E-state index in [9.17, 15) is 0 Å². The molecular weight excluding hydrogens is 270 g/mol. The van der Waals surface area contributed by atoms with E-state index >= 15 is 0 Å². The maximum Gasteiger partial charge on any atom is 0.0294 e. The molecule has 1 heterocycles. The van der Waals surface area contributed by atoms with E-state index in [1.54, 1.807) is 0 Å². The molecule has 1 N–H and O–H groups in total. The smallest absolute Gasteiger partial charge is 0.0294 e. The van der Waals surface area contributed by atoms with Gasteiger partial charge in [0.2, 0.25) is 0 Å². The van der Waals surface area contributed by atoms with Crippen LogP contribution in [0.4, 0.5) is 0 Å². The van der Waals surface area contributed by atoms with Gasteiger partial charge < -0.3 is 5.32 Å². The molecule has 1 saturated carbocycles. The molecule has 0 bridgehead atoms. The second kappa shape index (κ2) is 8.84. The Bertz CT molecular complexity index is 233. The summed E-state index contributed by atoms with van der Waals surface area (Å²) in [6.45, 7) is 5.87. The van der Waals surface area contributed by atoms with Crippen LogP contribution >= 0.6 is 23.5 Å². The van der Waals surface area contributed by atoms with Gasteiger partial charge in [0, 0.05) is 28.6 Å². The molecule has 2 atom stereocenters. The summed E-state index contributed by atoms with van der Waals surface area (Å²) in [5.41, 5.74) is 0. The van der Waals surface area contributed by atoms with Gasteiger partial charge in [-0.2, -0.15) is 23.5 Å². The van der Waals surface area contributed by atoms with Crippen molar-refractivity contribution in [1.29, 1.82) is 0 Å². The predicted molar refractivity (Wildman–Crippen MR) is 91.4 cm³/mol. The minimum atomic E-state index is 0.788. The third-order valence-corrected chi connectivity index (χ3v) is 7.73. The molecule has 0 amide bonds. The quantitative estimate of drug-likeness (QED) is 0.780. The van der Waals surface area contributed by atoms with Crippen molar-refractivity contribution in [2.24, 2.45) is 11.8 Å². The highest BCUT2D eigenvalue weighted by Gasteiger charge is 2.33. The van der Waals surface area contributed by atoms with E-state index in [4.69, 9.17) is 0 Å². The molecule has 3 heteroatoms. The molecular formula is C16H31NS2. The Labute approximate surface area is 128 Å². The normalized spacial score (nSPS) is 34.1. The van der Waals surface area contributed by atoms with Crippen molar-refractivity contribution in [2.75, 3.05) is 23.8 Å². The van der Waals surface area contributed by atoms with Crippen LogP contribution in [0.25, 0.3) is 0 Å². The van der Waals surface area contributed by atoms with E-state index in [-0.39, 0.29) is 0 Å².